The van der Waals surface area contributed by atoms with E-state index in [1.807, 2.05) is 0 Å². The third kappa shape index (κ3) is 2.60. The van der Waals surface area contributed by atoms with E-state index < -0.39 is 5.97 Å². The molecule has 1 rings (SSSR count). The third-order valence-electron chi connectivity index (χ3n) is 1.80. The summed E-state index contributed by atoms with van der Waals surface area (Å²) >= 11 is 0. The van der Waals surface area contributed by atoms with Gasteiger partial charge in [-0.15, -0.1) is 0 Å². The van der Waals surface area contributed by atoms with E-state index >= 15 is 0 Å². The number of anilines is 1. The van der Waals surface area contributed by atoms with Gasteiger partial charge in [-0.05, 0) is 12.1 Å². The van der Waals surface area contributed by atoms with Crippen molar-refractivity contribution in [2.45, 2.75) is 0 Å². The van der Waals surface area contributed by atoms with Crippen LogP contribution in [0.2, 0.25) is 0 Å². The van der Waals surface area contributed by atoms with Gasteiger partial charge in [0.1, 0.15) is 17.9 Å². The number of nitrogens with two attached hydrogens (primary N) is 1. The van der Waals surface area contributed by atoms with Crippen LogP contribution >= 0.6 is 0 Å². The maximum Gasteiger partial charge on any atom is 0.343 e. The summed E-state index contributed by atoms with van der Waals surface area (Å²) in [6.45, 7) is -0.0249. The summed E-state index contributed by atoms with van der Waals surface area (Å²) in [6.07, 6.45) is 0. The minimum Gasteiger partial charge on any atom is -0.490 e. The Morgan fingerprint density at radius 3 is 2.87 bits per heavy atom. The normalized spacial score (nSPS) is 9.73. The molecule has 0 bridgehead atoms. The minimum atomic E-state index is -0.555. The Labute approximate surface area is 87.4 Å². The van der Waals surface area contributed by atoms with Crippen molar-refractivity contribution < 1.29 is 19.4 Å². The lowest BCUT2D eigenvalue weighted by Gasteiger charge is -2.10. The fourth-order valence-electron chi connectivity index (χ4n) is 1.14. The van der Waals surface area contributed by atoms with Crippen molar-refractivity contribution in [2.24, 2.45) is 0 Å². The number of aliphatic hydroxyl groups is 1. The molecule has 3 N–H and O–H groups in total. The van der Waals surface area contributed by atoms with Crippen LogP contribution in [0.5, 0.6) is 5.75 Å². The summed E-state index contributed by atoms with van der Waals surface area (Å²) in [4.78, 5) is 11.4. The van der Waals surface area contributed by atoms with E-state index in [1.165, 1.54) is 7.11 Å². The largest absolute Gasteiger partial charge is 0.490 e. The van der Waals surface area contributed by atoms with Crippen molar-refractivity contribution in [2.75, 3.05) is 26.1 Å². The molecule has 0 fully saturated rings. The fraction of sp³-hybridized carbons (Fsp3) is 0.300. The average molecular weight is 211 g/mol. The lowest BCUT2D eigenvalue weighted by Crippen LogP contribution is -2.10. The Kier molecular flexibility index (Phi) is 3.93. The molecule has 0 spiro atoms. The van der Waals surface area contributed by atoms with E-state index in [0.717, 1.165) is 0 Å². The number of carbonyl (C=O) groups is 1. The molecule has 0 aromatic heterocycles. The second-order valence-corrected chi connectivity index (χ2v) is 2.78. The van der Waals surface area contributed by atoms with E-state index in [1.54, 1.807) is 18.2 Å². The summed E-state index contributed by atoms with van der Waals surface area (Å²) in [5.41, 5.74) is 6.10. The first kappa shape index (κ1) is 11.3. The number of aliphatic hydroxyl groups excluding tert-OH is 1. The number of hydrogen-bond donors (Lipinski definition) is 2. The highest BCUT2D eigenvalue weighted by atomic mass is 16.5. The van der Waals surface area contributed by atoms with Crippen molar-refractivity contribution in [3.63, 3.8) is 0 Å². The Hall–Kier alpha value is -1.75. The third-order valence-corrected chi connectivity index (χ3v) is 1.80. The molecule has 0 aliphatic rings. The summed E-state index contributed by atoms with van der Waals surface area (Å²) in [6, 6.07) is 4.84. The van der Waals surface area contributed by atoms with E-state index in [0.29, 0.717) is 5.75 Å². The SMILES string of the molecule is COC(=O)c1c(N)cccc1OCCO. The number of ether oxygens (including phenoxy) is 2. The lowest BCUT2D eigenvalue weighted by molar-refractivity contribution is 0.0596. The molecule has 5 heteroatoms. The highest BCUT2D eigenvalue weighted by molar-refractivity contribution is 5.98. The molecule has 0 aliphatic carbocycles. The van der Waals surface area contributed by atoms with Crippen molar-refractivity contribution >= 4 is 11.7 Å². The topological polar surface area (TPSA) is 81.8 Å². The van der Waals surface area contributed by atoms with Crippen LogP contribution in [0.15, 0.2) is 18.2 Å². The predicted molar refractivity (Wildman–Crippen MR) is 54.8 cm³/mol. The molecule has 0 saturated heterocycles. The van der Waals surface area contributed by atoms with Gasteiger partial charge in [0.05, 0.1) is 13.7 Å². The molecule has 0 atom stereocenters. The van der Waals surface area contributed by atoms with Crippen LogP contribution in [0.25, 0.3) is 0 Å². The molecule has 0 radical (unpaired) electrons. The first-order chi connectivity index (χ1) is 7.20. The number of benzene rings is 1. The van der Waals surface area contributed by atoms with Crippen LogP contribution in [-0.2, 0) is 4.74 Å². The van der Waals surface area contributed by atoms with E-state index in [4.69, 9.17) is 15.6 Å². The fourth-order valence-corrected chi connectivity index (χ4v) is 1.14. The van der Waals surface area contributed by atoms with Gasteiger partial charge < -0.3 is 20.3 Å². The van der Waals surface area contributed by atoms with Gasteiger partial charge in [0.25, 0.3) is 0 Å². The standard InChI is InChI=1S/C10H13NO4/c1-14-10(13)9-7(11)3-2-4-8(9)15-6-5-12/h2-4,12H,5-6,11H2,1H3. The van der Waals surface area contributed by atoms with Crippen LogP contribution in [0.4, 0.5) is 5.69 Å². The highest BCUT2D eigenvalue weighted by Gasteiger charge is 2.16. The van der Waals surface area contributed by atoms with Crippen molar-refractivity contribution in [3.8, 4) is 5.75 Å². The number of hydrogen-bond acceptors (Lipinski definition) is 5. The zero-order chi connectivity index (χ0) is 11.3. The molecule has 15 heavy (non-hydrogen) atoms. The molecular weight excluding hydrogens is 198 g/mol. The van der Waals surface area contributed by atoms with Gasteiger partial charge in [0.15, 0.2) is 0 Å². The van der Waals surface area contributed by atoms with Crippen LogP contribution in [0.1, 0.15) is 10.4 Å². The second kappa shape index (κ2) is 5.21. The molecule has 0 heterocycles. The van der Waals surface area contributed by atoms with Gasteiger partial charge in [-0.1, -0.05) is 6.07 Å². The molecule has 0 amide bonds. The molecule has 5 nitrogen and oxygen atoms in total. The maximum absolute atomic E-state index is 11.4. The van der Waals surface area contributed by atoms with Gasteiger partial charge in [-0.3, -0.25) is 0 Å². The Morgan fingerprint density at radius 1 is 1.53 bits per heavy atom. The molecule has 0 saturated carbocycles. The summed E-state index contributed by atoms with van der Waals surface area (Å²) in [5, 5.41) is 8.61. The Balaban J connectivity index is 3.03. The monoisotopic (exact) mass is 211 g/mol. The molecule has 1 aromatic carbocycles. The number of nitrogen functional groups attached to an aromatic ring is 1. The first-order valence-electron chi connectivity index (χ1n) is 4.41. The molecule has 1 aromatic rings. The quantitative estimate of drug-likeness (QED) is 0.557. The predicted octanol–water partition coefficient (Wildman–Crippen LogP) is 0.427. The highest BCUT2D eigenvalue weighted by Crippen LogP contribution is 2.24. The molecule has 82 valence electrons. The van der Waals surface area contributed by atoms with Gasteiger partial charge >= 0.3 is 5.97 Å². The van der Waals surface area contributed by atoms with Crippen molar-refractivity contribution in [3.05, 3.63) is 23.8 Å². The number of rotatable bonds is 4. The van der Waals surface area contributed by atoms with Gasteiger partial charge in [-0.25, -0.2) is 4.79 Å². The van der Waals surface area contributed by atoms with Gasteiger partial charge in [0, 0.05) is 5.69 Å². The number of methoxy groups -OCH3 is 1. The van der Waals surface area contributed by atoms with Gasteiger partial charge in [0.2, 0.25) is 0 Å². The second-order valence-electron chi connectivity index (χ2n) is 2.78. The summed E-state index contributed by atoms with van der Waals surface area (Å²) < 4.78 is 9.74. The Morgan fingerprint density at radius 2 is 2.27 bits per heavy atom. The zero-order valence-corrected chi connectivity index (χ0v) is 8.40. The van der Waals surface area contributed by atoms with Crippen LogP contribution < -0.4 is 10.5 Å². The van der Waals surface area contributed by atoms with Crippen molar-refractivity contribution in [1.29, 1.82) is 0 Å². The van der Waals surface area contributed by atoms with E-state index in [2.05, 4.69) is 4.74 Å². The zero-order valence-electron chi connectivity index (χ0n) is 8.40. The summed E-state index contributed by atoms with van der Waals surface area (Å²) in [7, 11) is 1.27. The molecule has 0 unspecified atom stereocenters. The maximum atomic E-state index is 11.4. The number of esters is 1. The van der Waals surface area contributed by atoms with E-state index in [-0.39, 0.29) is 24.5 Å². The van der Waals surface area contributed by atoms with Crippen molar-refractivity contribution in [1.82, 2.24) is 0 Å². The average Bonchev–Trinajstić information content (AvgIpc) is 2.25. The van der Waals surface area contributed by atoms with Crippen LogP contribution in [-0.4, -0.2) is 31.4 Å². The van der Waals surface area contributed by atoms with E-state index in [9.17, 15) is 4.79 Å². The Bertz CT molecular complexity index is 351. The van der Waals surface area contributed by atoms with Crippen LogP contribution in [0.3, 0.4) is 0 Å². The lowest BCUT2D eigenvalue weighted by atomic mass is 10.1. The van der Waals surface area contributed by atoms with Crippen LogP contribution in [0, 0.1) is 0 Å². The molecule has 0 aliphatic heterocycles. The smallest absolute Gasteiger partial charge is 0.343 e. The summed E-state index contributed by atoms with van der Waals surface area (Å²) in [5.74, 6) is -0.239. The molecular formula is C10H13NO4. The van der Waals surface area contributed by atoms with Gasteiger partial charge in [-0.2, -0.15) is 0 Å². The first-order valence-corrected chi connectivity index (χ1v) is 4.41. The number of carbonyl (C=O) groups excluding carboxylic acids is 1. The minimum absolute atomic E-state index is 0.105.